The van der Waals surface area contributed by atoms with E-state index in [1.54, 1.807) is 4.90 Å². The summed E-state index contributed by atoms with van der Waals surface area (Å²) < 4.78 is 32.9. The van der Waals surface area contributed by atoms with Crippen molar-refractivity contribution in [1.29, 1.82) is 0 Å². The van der Waals surface area contributed by atoms with Gasteiger partial charge in [0.15, 0.2) is 6.29 Å². The average Bonchev–Trinajstić information content (AvgIpc) is 3.16. The molecule has 1 amide bonds. The summed E-state index contributed by atoms with van der Waals surface area (Å²) in [6.45, 7) is 32.4. The van der Waals surface area contributed by atoms with Crippen LogP contribution in [0.1, 0.15) is 129 Å². The molecule has 0 saturated carbocycles. The Hall–Kier alpha value is -2.32. The minimum Gasteiger partial charge on any atom is -0.418 e. The second-order valence-corrected chi connectivity index (χ2v) is 28.8. The maximum absolute atomic E-state index is 13.2. The van der Waals surface area contributed by atoms with Gasteiger partial charge in [0, 0.05) is 37.1 Å². The first kappa shape index (κ1) is 50.0. The Kier molecular flexibility index (Phi) is 19.9. The van der Waals surface area contributed by atoms with Crippen molar-refractivity contribution in [2.24, 2.45) is 11.8 Å². The number of carbonyl (C=O) groups is 1. The highest BCUT2D eigenvalue weighted by atomic mass is 28.4. The lowest BCUT2D eigenvalue weighted by Crippen LogP contribution is -2.66. The Labute approximate surface area is 355 Å². The van der Waals surface area contributed by atoms with Crippen molar-refractivity contribution in [2.75, 3.05) is 19.8 Å². The summed E-state index contributed by atoms with van der Waals surface area (Å²) in [5.41, 5.74) is 1.09. The first-order valence-electron chi connectivity index (χ1n) is 22.3. The van der Waals surface area contributed by atoms with E-state index >= 15 is 0 Å². The van der Waals surface area contributed by atoms with Crippen LogP contribution < -0.4 is 10.4 Å². The summed E-state index contributed by atoms with van der Waals surface area (Å²) >= 11 is 0. The molecular weight excluding hydrogens is 759 g/mol. The normalized spacial score (nSPS) is 18.0. The minimum atomic E-state index is -2.81. The highest BCUT2D eigenvalue weighted by Gasteiger charge is 2.51. The number of benzene rings is 2. The third-order valence-corrected chi connectivity index (χ3v) is 23.6. The van der Waals surface area contributed by atoms with Gasteiger partial charge >= 0.3 is 6.09 Å². The molecule has 3 rings (SSSR count). The van der Waals surface area contributed by atoms with Crippen molar-refractivity contribution in [2.45, 2.75) is 181 Å². The molecular formula is C48H81NO7Si2. The second-order valence-electron chi connectivity index (χ2n) is 19.1. The second kappa shape index (κ2) is 23.1. The molecule has 1 heterocycles. The largest absolute Gasteiger partial charge is 0.418 e. The van der Waals surface area contributed by atoms with E-state index in [2.05, 4.69) is 130 Å². The van der Waals surface area contributed by atoms with E-state index in [9.17, 15) is 9.90 Å². The molecule has 5 atom stereocenters. The highest BCUT2D eigenvalue weighted by Crippen LogP contribution is 2.45. The topological polar surface area (TPSA) is 86.7 Å². The summed E-state index contributed by atoms with van der Waals surface area (Å²) in [6, 6.07) is 21.5. The van der Waals surface area contributed by atoms with Crippen molar-refractivity contribution in [3.63, 3.8) is 0 Å². The van der Waals surface area contributed by atoms with E-state index in [0.29, 0.717) is 49.3 Å². The van der Waals surface area contributed by atoms with Crippen LogP contribution in [0.15, 0.2) is 73.0 Å². The number of hydrogen-bond donors (Lipinski definition) is 1. The lowest BCUT2D eigenvalue weighted by molar-refractivity contribution is -0.165. The fourth-order valence-corrected chi connectivity index (χ4v) is 19.9. The molecule has 2 aromatic rings. The standard InChI is InChI=1S/C48H81NO7Si2/c1-35(2)49(36(3)4)47(51)54-33-29-41(28-32-53-45-27-21-22-31-52-45)46(50)40(11)44(56-57(37(5)6,38(7)8)39(9)10)30-34-55-58(48(12,13)14,42-23-17-15-18-24-42)43-25-19-16-20-26-43/h15-20,23-26,29,33,35-41,44-46,50H,21-22,27-28,30-32,34H2,1-14H3/b33-29-/t40-,41+,44+,45?,46-/m0/s1. The van der Waals surface area contributed by atoms with E-state index in [0.717, 1.165) is 19.3 Å². The first-order chi connectivity index (χ1) is 27.3. The molecule has 1 aliphatic heterocycles. The summed E-state index contributed by atoms with van der Waals surface area (Å²) in [7, 11) is -5.22. The third kappa shape index (κ3) is 12.6. The number of ether oxygens (including phenoxy) is 3. The van der Waals surface area contributed by atoms with E-state index in [4.69, 9.17) is 23.1 Å². The molecule has 0 aromatic heterocycles. The van der Waals surface area contributed by atoms with E-state index in [-0.39, 0.29) is 41.4 Å². The number of carbonyl (C=O) groups excluding carboxylic acids is 1. The number of aliphatic hydroxyl groups is 1. The summed E-state index contributed by atoms with van der Waals surface area (Å²) in [5.74, 6) is -0.639. The molecule has 1 fully saturated rings. The van der Waals surface area contributed by atoms with Gasteiger partial charge in [-0.3, -0.25) is 0 Å². The fraction of sp³-hybridized carbons (Fsp3) is 0.688. The van der Waals surface area contributed by atoms with Gasteiger partial charge in [0.05, 0.1) is 25.1 Å². The summed E-state index contributed by atoms with van der Waals surface area (Å²) in [6.07, 6.45) is 5.72. The predicted molar refractivity (Wildman–Crippen MR) is 245 cm³/mol. The van der Waals surface area contributed by atoms with Gasteiger partial charge in [0.25, 0.3) is 8.32 Å². The Morgan fingerprint density at radius 2 is 1.34 bits per heavy atom. The van der Waals surface area contributed by atoms with Gasteiger partial charge < -0.3 is 33.1 Å². The van der Waals surface area contributed by atoms with Crippen molar-refractivity contribution in [1.82, 2.24) is 4.90 Å². The van der Waals surface area contributed by atoms with Crippen molar-refractivity contribution in [3.8, 4) is 0 Å². The average molecular weight is 840 g/mol. The van der Waals surface area contributed by atoms with Crippen molar-refractivity contribution >= 4 is 33.1 Å². The van der Waals surface area contributed by atoms with Crippen LogP contribution in [0.4, 0.5) is 4.79 Å². The molecule has 328 valence electrons. The SMILES string of the molecule is CC(C)N(C(=O)O/C=C\[C@@H](CCOC1CCCCO1)[C@@H](O)[C@@H](C)[C@@H](CCO[Si](c1ccccc1)(c1ccccc1)C(C)(C)C)O[Si](C(C)C)(C(C)C)C(C)C)C(C)C. The zero-order chi connectivity index (χ0) is 43.3. The lowest BCUT2D eigenvalue weighted by atomic mass is 9.85. The zero-order valence-corrected chi connectivity index (χ0v) is 40.7. The van der Waals surface area contributed by atoms with Crippen molar-refractivity contribution in [3.05, 3.63) is 73.0 Å². The lowest BCUT2D eigenvalue weighted by Gasteiger charge is -2.47. The maximum atomic E-state index is 13.2. The third-order valence-electron chi connectivity index (χ3n) is 12.5. The number of amides is 1. The van der Waals surface area contributed by atoms with Crippen molar-refractivity contribution < 1.29 is 33.0 Å². The smallest absolute Gasteiger partial charge is 0.415 e. The van der Waals surface area contributed by atoms with Crippen LogP contribution in [0, 0.1) is 11.8 Å². The molecule has 0 radical (unpaired) electrons. The van der Waals surface area contributed by atoms with Crippen LogP contribution in [-0.4, -0.2) is 83.1 Å². The molecule has 0 spiro atoms. The van der Waals surface area contributed by atoms with Gasteiger partial charge in [0.2, 0.25) is 8.32 Å². The van der Waals surface area contributed by atoms with E-state index in [1.165, 1.54) is 16.6 Å². The first-order valence-corrected chi connectivity index (χ1v) is 26.4. The highest BCUT2D eigenvalue weighted by molar-refractivity contribution is 6.99. The van der Waals surface area contributed by atoms with Gasteiger partial charge in [-0.25, -0.2) is 4.79 Å². The van der Waals surface area contributed by atoms with Crippen LogP contribution in [0.3, 0.4) is 0 Å². The molecule has 58 heavy (non-hydrogen) atoms. The van der Waals surface area contributed by atoms with E-state index < -0.39 is 28.8 Å². The maximum Gasteiger partial charge on any atom is 0.415 e. The number of hydrogen-bond acceptors (Lipinski definition) is 7. The molecule has 2 aromatic carbocycles. The van der Waals surface area contributed by atoms with Gasteiger partial charge in [-0.1, -0.05) is 130 Å². The number of rotatable bonds is 22. The quantitative estimate of drug-likeness (QED) is 0.0933. The molecule has 1 unspecified atom stereocenters. The van der Waals surface area contributed by atoms with Crippen LogP contribution in [0.25, 0.3) is 0 Å². The summed E-state index contributed by atoms with van der Waals surface area (Å²) in [4.78, 5) is 14.9. The molecule has 10 heteroatoms. The van der Waals surface area contributed by atoms with Gasteiger partial charge in [-0.15, -0.1) is 0 Å². The van der Waals surface area contributed by atoms with Crippen LogP contribution in [0.5, 0.6) is 0 Å². The van der Waals surface area contributed by atoms with E-state index in [1.807, 2.05) is 33.8 Å². The minimum absolute atomic E-state index is 0.0116. The Balaban J connectivity index is 2.04. The molecule has 1 aliphatic rings. The molecule has 8 nitrogen and oxygen atoms in total. The Bertz CT molecular complexity index is 1420. The fourth-order valence-electron chi connectivity index (χ4n) is 9.64. The predicted octanol–water partition coefficient (Wildman–Crippen LogP) is 10.8. The van der Waals surface area contributed by atoms with Gasteiger partial charge in [0.1, 0.15) is 0 Å². The summed E-state index contributed by atoms with van der Waals surface area (Å²) in [5, 5.41) is 14.8. The number of nitrogens with zero attached hydrogens (tertiary/aromatic N) is 1. The van der Waals surface area contributed by atoms with Gasteiger partial charge in [-0.05, 0) is 97.9 Å². The zero-order valence-electron chi connectivity index (χ0n) is 38.7. The molecule has 1 N–H and O–H groups in total. The molecule has 0 bridgehead atoms. The Morgan fingerprint density at radius 3 is 1.79 bits per heavy atom. The Morgan fingerprint density at radius 1 is 0.810 bits per heavy atom. The number of aliphatic hydroxyl groups excluding tert-OH is 1. The molecule has 1 saturated heterocycles. The van der Waals surface area contributed by atoms with Crippen LogP contribution >= 0.6 is 0 Å². The van der Waals surface area contributed by atoms with Crippen LogP contribution in [0.2, 0.25) is 21.7 Å². The molecule has 0 aliphatic carbocycles. The van der Waals surface area contributed by atoms with Crippen LogP contribution in [-0.2, 0) is 23.1 Å². The van der Waals surface area contributed by atoms with Gasteiger partial charge in [-0.2, -0.15) is 0 Å². The monoisotopic (exact) mass is 840 g/mol.